The third kappa shape index (κ3) is 4.06. The van der Waals surface area contributed by atoms with Crippen molar-refractivity contribution >= 4 is 17.8 Å². The predicted molar refractivity (Wildman–Crippen MR) is 76.4 cm³/mol. The zero-order valence-corrected chi connectivity index (χ0v) is 12.1. The molecule has 2 amide bonds. The number of nitrogens with zero attached hydrogens (tertiary/aromatic N) is 1. The van der Waals surface area contributed by atoms with Crippen molar-refractivity contribution in [1.82, 2.24) is 10.2 Å². The number of hydrogen-bond donors (Lipinski definition) is 2. The molecule has 0 radical (unpaired) electrons. The predicted octanol–water partition coefficient (Wildman–Crippen LogP) is 0.782. The molecule has 1 fully saturated rings. The molecule has 2 rings (SSSR count). The largest absolute Gasteiger partial charge is 0.481 e. The summed E-state index contributed by atoms with van der Waals surface area (Å²) in [6, 6.07) is 0. The molecule has 116 valence electrons. The molecule has 1 heterocycles. The fourth-order valence-corrected chi connectivity index (χ4v) is 2.93. The highest BCUT2D eigenvalue weighted by molar-refractivity contribution is 5.85. The second-order valence-electron chi connectivity index (χ2n) is 5.62. The van der Waals surface area contributed by atoms with Crippen LogP contribution >= 0.6 is 0 Å². The van der Waals surface area contributed by atoms with Gasteiger partial charge in [0, 0.05) is 26.1 Å². The Labute approximate surface area is 124 Å². The van der Waals surface area contributed by atoms with Crippen molar-refractivity contribution in [3.8, 4) is 0 Å². The van der Waals surface area contributed by atoms with Crippen molar-refractivity contribution in [2.45, 2.75) is 32.1 Å². The van der Waals surface area contributed by atoms with E-state index >= 15 is 0 Å². The van der Waals surface area contributed by atoms with Gasteiger partial charge >= 0.3 is 5.97 Å². The number of aliphatic carboxylic acids is 1. The van der Waals surface area contributed by atoms with E-state index in [2.05, 4.69) is 5.32 Å². The summed E-state index contributed by atoms with van der Waals surface area (Å²) in [5.74, 6) is -2.04. The highest BCUT2D eigenvalue weighted by atomic mass is 16.4. The van der Waals surface area contributed by atoms with Crippen LogP contribution in [0.25, 0.3) is 0 Å². The molecule has 0 aromatic rings. The number of carbonyl (C=O) groups excluding carboxylic acids is 2. The molecule has 1 aliphatic heterocycles. The van der Waals surface area contributed by atoms with Gasteiger partial charge in [-0.3, -0.25) is 14.4 Å². The molecule has 1 aliphatic carbocycles. The average molecular weight is 294 g/mol. The zero-order valence-electron chi connectivity index (χ0n) is 12.1. The first-order valence-corrected chi connectivity index (χ1v) is 7.53. The van der Waals surface area contributed by atoms with Gasteiger partial charge < -0.3 is 15.3 Å². The first kappa shape index (κ1) is 15.5. The summed E-state index contributed by atoms with van der Waals surface area (Å²) in [5.41, 5.74) is 0. The van der Waals surface area contributed by atoms with Gasteiger partial charge in [-0.2, -0.15) is 0 Å². The second-order valence-corrected chi connectivity index (χ2v) is 5.62. The minimum Gasteiger partial charge on any atom is -0.481 e. The van der Waals surface area contributed by atoms with Crippen LogP contribution in [0.4, 0.5) is 0 Å². The van der Waals surface area contributed by atoms with Crippen molar-refractivity contribution < 1.29 is 19.5 Å². The summed E-state index contributed by atoms with van der Waals surface area (Å²) in [4.78, 5) is 36.5. The number of hydrogen-bond acceptors (Lipinski definition) is 3. The van der Waals surface area contributed by atoms with Gasteiger partial charge in [0.25, 0.3) is 0 Å². The molecule has 6 heteroatoms. The fraction of sp³-hybridized carbons (Fsp3) is 0.667. The van der Waals surface area contributed by atoms with Crippen LogP contribution in [0.3, 0.4) is 0 Å². The SMILES string of the molecule is O=C(O)[C@H]1CC=CC[C@H]1C(=O)NCCCN1CCCC1=O. The molecular formula is C15H22N2O4. The number of carbonyl (C=O) groups is 3. The molecule has 6 nitrogen and oxygen atoms in total. The van der Waals surface area contributed by atoms with Crippen molar-refractivity contribution in [3.05, 3.63) is 12.2 Å². The van der Waals surface area contributed by atoms with Crippen LogP contribution in [-0.2, 0) is 14.4 Å². The van der Waals surface area contributed by atoms with Crippen LogP contribution in [0.15, 0.2) is 12.2 Å². The molecule has 2 aliphatic rings. The molecule has 0 saturated carbocycles. The topological polar surface area (TPSA) is 86.7 Å². The van der Waals surface area contributed by atoms with E-state index in [9.17, 15) is 14.4 Å². The van der Waals surface area contributed by atoms with Crippen LogP contribution < -0.4 is 5.32 Å². The normalized spacial score (nSPS) is 25.1. The van der Waals surface area contributed by atoms with Crippen molar-refractivity contribution in [1.29, 1.82) is 0 Å². The Morgan fingerprint density at radius 2 is 2.00 bits per heavy atom. The lowest BCUT2D eigenvalue weighted by atomic mass is 9.82. The zero-order chi connectivity index (χ0) is 15.2. The number of likely N-dealkylation sites (tertiary alicyclic amines) is 1. The Hall–Kier alpha value is -1.85. The van der Waals surface area contributed by atoms with E-state index in [1.165, 1.54) is 0 Å². The molecule has 1 saturated heterocycles. The van der Waals surface area contributed by atoms with E-state index in [0.717, 1.165) is 13.0 Å². The van der Waals surface area contributed by atoms with E-state index in [1.807, 2.05) is 17.1 Å². The summed E-state index contributed by atoms with van der Waals surface area (Å²) in [5, 5.41) is 11.9. The van der Waals surface area contributed by atoms with Gasteiger partial charge in [-0.1, -0.05) is 12.2 Å². The van der Waals surface area contributed by atoms with E-state index in [1.54, 1.807) is 0 Å². The fourth-order valence-electron chi connectivity index (χ4n) is 2.93. The first-order valence-electron chi connectivity index (χ1n) is 7.53. The minimum absolute atomic E-state index is 0.185. The molecule has 0 aromatic heterocycles. The molecule has 0 spiro atoms. The maximum Gasteiger partial charge on any atom is 0.307 e. The van der Waals surface area contributed by atoms with Crippen LogP contribution in [-0.4, -0.2) is 47.4 Å². The Morgan fingerprint density at radius 1 is 1.29 bits per heavy atom. The molecule has 0 aromatic carbocycles. The monoisotopic (exact) mass is 294 g/mol. The number of allylic oxidation sites excluding steroid dienone is 2. The lowest BCUT2D eigenvalue weighted by Crippen LogP contribution is -2.39. The Bertz CT molecular complexity index is 447. The number of amides is 2. The summed E-state index contributed by atoms with van der Waals surface area (Å²) < 4.78 is 0. The molecule has 2 N–H and O–H groups in total. The van der Waals surface area contributed by atoms with Crippen molar-refractivity contribution in [3.63, 3.8) is 0 Å². The first-order chi connectivity index (χ1) is 10.1. The Morgan fingerprint density at radius 3 is 2.62 bits per heavy atom. The average Bonchev–Trinajstić information content (AvgIpc) is 2.88. The van der Waals surface area contributed by atoms with Gasteiger partial charge in [-0.25, -0.2) is 0 Å². The third-order valence-electron chi connectivity index (χ3n) is 4.16. The minimum atomic E-state index is -0.915. The third-order valence-corrected chi connectivity index (χ3v) is 4.16. The van der Waals surface area contributed by atoms with Gasteiger partial charge in [0.2, 0.25) is 11.8 Å². The maximum absolute atomic E-state index is 12.1. The molecule has 2 atom stereocenters. The van der Waals surface area contributed by atoms with Crippen LogP contribution in [0.1, 0.15) is 32.1 Å². The lowest BCUT2D eigenvalue weighted by molar-refractivity contribution is -0.147. The Balaban J connectivity index is 1.72. The number of nitrogens with one attached hydrogen (secondary N) is 1. The number of carboxylic acids is 1. The van der Waals surface area contributed by atoms with Gasteiger partial charge in [-0.15, -0.1) is 0 Å². The van der Waals surface area contributed by atoms with Crippen LogP contribution in [0.5, 0.6) is 0 Å². The number of carboxylic acid groups (broad SMARTS) is 1. The van der Waals surface area contributed by atoms with Crippen LogP contribution in [0.2, 0.25) is 0 Å². The Kier molecular flexibility index (Phi) is 5.36. The van der Waals surface area contributed by atoms with E-state index in [0.29, 0.717) is 38.8 Å². The van der Waals surface area contributed by atoms with E-state index in [-0.39, 0.29) is 11.8 Å². The van der Waals surface area contributed by atoms with Gasteiger partial charge in [0.15, 0.2) is 0 Å². The van der Waals surface area contributed by atoms with Gasteiger partial charge in [0.1, 0.15) is 0 Å². The highest BCUT2D eigenvalue weighted by Gasteiger charge is 2.33. The summed E-state index contributed by atoms with van der Waals surface area (Å²) >= 11 is 0. The lowest BCUT2D eigenvalue weighted by Gasteiger charge is -2.24. The highest BCUT2D eigenvalue weighted by Crippen LogP contribution is 2.25. The van der Waals surface area contributed by atoms with Crippen LogP contribution in [0, 0.1) is 11.8 Å². The molecule has 0 unspecified atom stereocenters. The summed E-state index contributed by atoms with van der Waals surface area (Å²) in [6.45, 7) is 1.95. The molecule has 0 bridgehead atoms. The molecular weight excluding hydrogens is 272 g/mol. The van der Waals surface area contributed by atoms with Crippen molar-refractivity contribution in [2.75, 3.05) is 19.6 Å². The number of rotatable bonds is 6. The maximum atomic E-state index is 12.1. The smallest absolute Gasteiger partial charge is 0.307 e. The summed E-state index contributed by atoms with van der Waals surface area (Å²) in [6.07, 6.45) is 6.83. The molecule has 21 heavy (non-hydrogen) atoms. The summed E-state index contributed by atoms with van der Waals surface area (Å²) in [7, 11) is 0. The standard InChI is InChI=1S/C15H22N2O4/c18-13-7-3-9-17(13)10-4-8-16-14(19)11-5-1-2-6-12(11)15(20)21/h1-2,11-12H,3-10H2,(H,16,19)(H,20,21)/t11-,12+/m1/s1. The van der Waals surface area contributed by atoms with Crippen molar-refractivity contribution in [2.24, 2.45) is 11.8 Å². The van der Waals surface area contributed by atoms with Gasteiger partial charge in [-0.05, 0) is 25.7 Å². The quantitative estimate of drug-likeness (QED) is 0.560. The van der Waals surface area contributed by atoms with E-state index in [4.69, 9.17) is 5.11 Å². The second kappa shape index (κ2) is 7.24. The van der Waals surface area contributed by atoms with Gasteiger partial charge in [0.05, 0.1) is 11.8 Å². The van der Waals surface area contributed by atoms with E-state index < -0.39 is 17.8 Å².